The summed E-state index contributed by atoms with van der Waals surface area (Å²) >= 11 is 0. The second kappa shape index (κ2) is 13.4. The lowest BCUT2D eigenvalue weighted by molar-refractivity contribution is 0.296. The number of unbranched alkanes of at least 4 members (excludes halogenated alkanes) is 9. The van der Waals surface area contributed by atoms with Crippen molar-refractivity contribution in [3.05, 3.63) is 0 Å². The van der Waals surface area contributed by atoms with Gasteiger partial charge in [0, 0.05) is 6.61 Å². The molecule has 0 saturated carbocycles. The molecule has 0 aliphatic carbocycles. The molecule has 0 rings (SSSR count). The van der Waals surface area contributed by atoms with Crippen LogP contribution in [0.4, 0.5) is 0 Å². The Balaban J connectivity index is 3.21. The van der Waals surface area contributed by atoms with Crippen LogP contribution in [0, 0.1) is 0 Å². The zero-order chi connectivity index (χ0) is 14.4. The van der Waals surface area contributed by atoms with E-state index in [1.54, 1.807) is 0 Å². The maximum absolute atomic E-state index is 8.89. The normalized spacial score (nSPS) is 12.0. The number of aliphatic hydroxyl groups is 1. The van der Waals surface area contributed by atoms with Crippen molar-refractivity contribution in [2.24, 2.45) is 0 Å². The summed E-state index contributed by atoms with van der Waals surface area (Å²) in [6, 6.07) is 0. The SMILES string of the molecule is CCCCCCCCCCCC[P](C)(C)CCCO. The van der Waals surface area contributed by atoms with Crippen molar-refractivity contribution in [1.29, 1.82) is 0 Å². The standard InChI is InChI=1S/C17H38OP/c1-4-5-6-7-8-9-10-11-12-13-16-19(2,3)17-14-15-18/h18H,4-17H2,1-3H3. The van der Waals surface area contributed by atoms with E-state index in [1.807, 2.05) is 0 Å². The fraction of sp³-hybridized carbons (Fsp3) is 1.00. The van der Waals surface area contributed by atoms with Crippen LogP contribution < -0.4 is 0 Å². The van der Waals surface area contributed by atoms with Gasteiger partial charge < -0.3 is 5.11 Å². The molecule has 1 N–H and O–H groups in total. The molecule has 0 aromatic rings. The first-order chi connectivity index (χ1) is 9.12. The number of aliphatic hydroxyl groups excluding tert-OH is 1. The summed E-state index contributed by atoms with van der Waals surface area (Å²) < 4.78 is 0. The molecule has 0 amide bonds. The molecule has 0 spiro atoms. The third kappa shape index (κ3) is 14.6. The second-order valence-electron chi connectivity index (χ2n) is 6.64. The molecular weight excluding hydrogens is 251 g/mol. The monoisotopic (exact) mass is 289 g/mol. The van der Waals surface area contributed by atoms with Gasteiger partial charge in [-0.1, -0.05) is 64.7 Å². The van der Waals surface area contributed by atoms with E-state index in [4.69, 9.17) is 5.11 Å². The van der Waals surface area contributed by atoms with Crippen molar-refractivity contribution >= 4 is 7.26 Å². The molecule has 117 valence electrons. The molecular formula is C17H38OP. The van der Waals surface area contributed by atoms with Crippen molar-refractivity contribution in [3.8, 4) is 0 Å². The highest BCUT2D eigenvalue weighted by Crippen LogP contribution is 2.52. The van der Waals surface area contributed by atoms with Gasteiger partial charge in [-0.3, -0.25) is 0 Å². The molecule has 1 radical (unpaired) electrons. The van der Waals surface area contributed by atoms with Gasteiger partial charge in [0.25, 0.3) is 0 Å². The third-order valence-corrected chi connectivity index (χ3v) is 7.09. The van der Waals surface area contributed by atoms with Crippen LogP contribution in [-0.4, -0.2) is 37.4 Å². The number of rotatable bonds is 14. The molecule has 2 heteroatoms. The highest BCUT2D eigenvalue weighted by atomic mass is 31.2. The zero-order valence-corrected chi connectivity index (χ0v) is 14.7. The topological polar surface area (TPSA) is 20.2 Å². The summed E-state index contributed by atoms with van der Waals surface area (Å²) in [5.74, 6) is 0. The largest absolute Gasteiger partial charge is 0.396 e. The quantitative estimate of drug-likeness (QED) is 0.327. The number of hydrogen-bond acceptors (Lipinski definition) is 1. The van der Waals surface area contributed by atoms with E-state index in [2.05, 4.69) is 20.3 Å². The number of hydrogen-bond donors (Lipinski definition) is 1. The predicted molar refractivity (Wildman–Crippen MR) is 92.0 cm³/mol. The van der Waals surface area contributed by atoms with E-state index in [-0.39, 0.29) is 0 Å². The van der Waals surface area contributed by atoms with Crippen molar-refractivity contribution < 1.29 is 5.11 Å². The second-order valence-corrected chi connectivity index (χ2v) is 11.4. The van der Waals surface area contributed by atoms with Gasteiger partial charge in [-0.05, 0) is 38.5 Å². The predicted octanol–water partition coefficient (Wildman–Crippen LogP) is 5.57. The zero-order valence-electron chi connectivity index (χ0n) is 13.8. The summed E-state index contributed by atoms with van der Waals surface area (Å²) in [5.41, 5.74) is 0. The highest BCUT2D eigenvalue weighted by Gasteiger charge is 2.13. The van der Waals surface area contributed by atoms with Crippen LogP contribution in [0.2, 0.25) is 0 Å². The first kappa shape index (κ1) is 19.4. The third-order valence-electron chi connectivity index (χ3n) is 4.04. The Morgan fingerprint density at radius 1 is 0.632 bits per heavy atom. The smallest absolute Gasteiger partial charge is 0.0434 e. The molecule has 0 unspecified atom stereocenters. The van der Waals surface area contributed by atoms with E-state index in [9.17, 15) is 0 Å². The maximum atomic E-state index is 8.89. The first-order valence-electron chi connectivity index (χ1n) is 8.55. The maximum Gasteiger partial charge on any atom is 0.0434 e. The van der Waals surface area contributed by atoms with E-state index < -0.39 is 7.26 Å². The van der Waals surface area contributed by atoms with Crippen LogP contribution in [0.15, 0.2) is 0 Å². The lowest BCUT2D eigenvalue weighted by atomic mass is 10.1. The molecule has 0 aliphatic rings. The molecule has 0 saturated heterocycles. The molecule has 0 fully saturated rings. The van der Waals surface area contributed by atoms with E-state index in [0.29, 0.717) is 6.61 Å². The molecule has 0 aromatic heterocycles. The summed E-state index contributed by atoms with van der Waals surface area (Å²) in [4.78, 5) is 0. The summed E-state index contributed by atoms with van der Waals surface area (Å²) in [7, 11) is -0.693. The van der Waals surface area contributed by atoms with E-state index in [0.717, 1.165) is 6.42 Å². The van der Waals surface area contributed by atoms with Gasteiger partial charge in [0.2, 0.25) is 0 Å². The van der Waals surface area contributed by atoms with Crippen molar-refractivity contribution in [3.63, 3.8) is 0 Å². The van der Waals surface area contributed by atoms with Crippen LogP contribution in [0.25, 0.3) is 0 Å². The first-order valence-corrected chi connectivity index (χ1v) is 11.6. The molecule has 0 bridgehead atoms. The van der Waals surface area contributed by atoms with Crippen LogP contribution >= 0.6 is 7.26 Å². The molecule has 1 nitrogen and oxygen atoms in total. The Labute approximate surface area is 122 Å². The highest BCUT2D eigenvalue weighted by molar-refractivity contribution is 7.74. The van der Waals surface area contributed by atoms with Gasteiger partial charge in [-0.2, -0.15) is 0 Å². The average molecular weight is 289 g/mol. The Hall–Kier alpha value is 0.390. The lowest BCUT2D eigenvalue weighted by Gasteiger charge is -2.27. The van der Waals surface area contributed by atoms with Gasteiger partial charge in [0.05, 0.1) is 0 Å². The molecule has 0 heterocycles. The van der Waals surface area contributed by atoms with Gasteiger partial charge in [-0.25, -0.2) is 0 Å². The van der Waals surface area contributed by atoms with Gasteiger partial charge >= 0.3 is 0 Å². The fourth-order valence-electron chi connectivity index (χ4n) is 2.64. The summed E-state index contributed by atoms with van der Waals surface area (Å²) in [6.45, 7) is 7.57. The molecule has 0 aliphatic heterocycles. The Kier molecular flexibility index (Phi) is 13.7. The fourth-order valence-corrected chi connectivity index (χ4v) is 4.94. The Morgan fingerprint density at radius 2 is 1.05 bits per heavy atom. The molecule has 19 heavy (non-hydrogen) atoms. The van der Waals surface area contributed by atoms with Crippen LogP contribution in [0.3, 0.4) is 0 Å². The lowest BCUT2D eigenvalue weighted by Crippen LogP contribution is -2.02. The van der Waals surface area contributed by atoms with Gasteiger partial charge in [0.15, 0.2) is 0 Å². The van der Waals surface area contributed by atoms with Crippen molar-refractivity contribution in [2.45, 2.75) is 77.6 Å². The van der Waals surface area contributed by atoms with Gasteiger partial charge in [-0.15, -0.1) is 7.26 Å². The summed E-state index contributed by atoms with van der Waals surface area (Å²) in [5, 5.41) is 8.89. The minimum Gasteiger partial charge on any atom is -0.396 e. The summed E-state index contributed by atoms with van der Waals surface area (Å²) in [6.07, 6.45) is 18.0. The average Bonchev–Trinajstić information content (AvgIpc) is 2.38. The van der Waals surface area contributed by atoms with Crippen molar-refractivity contribution in [2.75, 3.05) is 32.3 Å². The van der Waals surface area contributed by atoms with Crippen molar-refractivity contribution in [1.82, 2.24) is 0 Å². The molecule has 0 atom stereocenters. The van der Waals surface area contributed by atoms with Crippen LogP contribution in [0.5, 0.6) is 0 Å². The van der Waals surface area contributed by atoms with Gasteiger partial charge in [0.1, 0.15) is 0 Å². The Bertz CT molecular complexity index is 180. The van der Waals surface area contributed by atoms with Crippen LogP contribution in [0.1, 0.15) is 77.6 Å². The van der Waals surface area contributed by atoms with E-state index >= 15 is 0 Å². The van der Waals surface area contributed by atoms with Crippen LogP contribution in [-0.2, 0) is 0 Å². The molecule has 0 aromatic carbocycles. The Morgan fingerprint density at radius 3 is 1.53 bits per heavy atom. The van der Waals surface area contributed by atoms with E-state index in [1.165, 1.54) is 76.5 Å². The minimum atomic E-state index is -0.693. The minimum absolute atomic E-state index is 0.376.